The summed E-state index contributed by atoms with van der Waals surface area (Å²) in [6.07, 6.45) is 4.45. The van der Waals surface area contributed by atoms with Crippen LogP contribution in [0.3, 0.4) is 0 Å². The van der Waals surface area contributed by atoms with Crippen molar-refractivity contribution in [2.24, 2.45) is 0 Å². The second-order valence-corrected chi connectivity index (χ2v) is 9.17. The molecule has 0 heterocycles. The largest absolute Gasteiger partial charge is 0.394 e. The Balaban J connectivity index is 2.23. The monoisotopic (exact) mass is 443 g/mol. The predicted molar refractivity (Wildman–Crippen MR) is 128 cm³/mol. The lowest BCUT2D eigenvalue weighted by atomic mass is 9.84. The van der Waals surface area contributed by atoms with Crippen molar-refractivity contribution in [3.63, 3.8) is 0 Å². The Hall–Kier alpha value is -2.14. The van der Waals surface area contributed by atoms with Gasteiger partial charge in [0.25, 0.3) is 0 Å². The van der Waals surface area contributed by atoms with Gasteiger partial charge in [-0.25, -0.2) is 0 Å². The molecule has 0 saturated carbocycles. The van der Waals surface area contributed by atoms with Gasteiger partial charge in [0.2, 0.25) is 5.91 Å². The molecule has 1 atom stereocenters. The SMILES string of the molecule is CC=Cc1ccc(Cl)c(CC(=O)NC(CO)Cc2c(C(C)C)cccc2C(C)(C)O)c1. The molecule has 2 aromatic carbocycles. The first-order valence-electron chi connectivity index (χ1n) is 10.7. The molecule has 0 bridgehead atoms. The van der Waals surface area contributed by atoms with Gasteiger partial charge < -0.3 is 15.5 Å². The van der Waals surface area contributed by atoms with E-state index in [2.05, 4.69) is 19.2 Å². The molecule has 0 saturated heterocycles. The Kier molecular flexibility index (Phi) is 8.87. The summed E-state index contributed by atoms with van der Waals surface area (Å²) < 4.78 is 0. The standard InChI is InChI=1S/C26H34ClNO3/c1-6-8-18-11-12-24(27)19(13-18)14-25(30)28-20(16-29)15-22-21(17(2)3)9-7-10-23(22)26(4,5)31/h6-13,17,20,29,31H,14-16H2,1-5H3,(H,28,30). The van der Waals surface area contributed by atoms with Gasteiger partial charge >= 0.3 is 0 Å². The molecular weight excluding hydrogens is 410 g/mol. The van der Waals surface area contributed by atoms with Crippen LogP contribution in [-0.4, -0.2) is 28.8 Å². The van der Waals surface area contributed by atoms with Crippen molar-refractivity contribution >= 4 is 23.6 Å². The normalized spacial score (nSPS) is 13.1. The first-order valence-corrected chi connectivity index (χ1v) is 11.1. The summed E-state index contributed by atoms with van der Waals surface area (Å²) in [5.41, 5.74) is 3.59. The number of hydrogen-bond acceptors (Lipinski definition) is 3. The van der Waals surface area contributed by atoms with Crippen molar-refractivity contribution < 1.29 is 15.0 Å². The van der Waals surface area contributed by atoms with Crippen molar-refractivity contribution in [1.29, 1.82) is 0 Å². The number of carbonyl (C=O) groups is 1. The second-order valence-electron chi connectivity index (χ2n) is 8.77. The van der Waals surface area contributed by atoms with Crippen molar-refractivity contribution in [2.75, 3.05) is 6.61 Å². The summed E-state index contributed by atoms with van der Waals surface area (Å²) in [7, 11) is 0. The Morgan fingerprint density at radius 2 is 1.94 bits per heavy atom. The van der Waals surface area contributed by atoms with Gasteiger partial charge in [-0.3, -0.25) is 4.79 Å². The van der Waals surface area contributed by atoms with Crippen LogP contribution in [0.1, 0.15) is 68.4 Å². The van der Waals surface area contributed by atoms with E-state index in [0.29, 0.717) is 11.4 Å². The summed E-state index contributed by atoms with van der Waals surface area (Å²) >= 11 is 6.29. The molecular formula is C26H34ClNO3. The number of allylic oxidation sites excluding steroid dienone is 1. The van der Waals surface area contributed by atoms with Crippen LogP contribution in [0.25, 0.3) is 6.08 Å². The predicted octanol–water partition coefficient (Wildman–Crippen LogP) is 4.99. The van der Waals surface area contributed by atoms with Crippen LogP contribution in [0.15, 0.2) is 42.5 Å². The molecule has 3 N–H and O–H groups in total. The highest BCUT2D eigenvalue weighted by atomic mass is 35.5. The van der Waals surface area contributed by atoms with Gasteiger partial charge in [0, 0.05) is 5.02 Å². The van der Waals surface area contributed by atoms with E-state index in [4.69, 9.17) is 11.6 Å². The zero-order valence-electron chi connectivity index (χ0n) is 19.1. The number of benzene rings is 2. The molecule has 0 fully saturated rings. The molecule has 31 heavy (non-hydrogen) atoms. The van der Waals surface area contributed by atoms with Crippen LogP contribution < -0.4 is 5.32 Å². The molecule has 0 spiro atoms. The molecule has 0 radical (unpaired) electrons. The van der Waals surface area contributed by atoms with Gasteiger partial charge in [-0.1, -0.05) is 61.9 Å². The highest BCUT2D eigenvalue weighted by molar-refractivity contribution is 6.31. The Labute approximate surface area is 191 Å². The average Bonchev–Trinajstić information content (AvgIpc) is 2.69. The third kappa shape index (κ3) is 6.93. The van der Waals surface area contributed by atoms with Gasteiger partial charge in [-0.2, -0.15) is 0 Å². The number of nitrogens with one attached hydrogen (secondary N) is 1. The number of rotatable bonds is 9. The summed E-state index contributed by atoms with van der Waals surface area (Å²) in [5.74, 6) is 0.0472. The molecule has 4 nitrogen and oxygen atoms in total. The van der Waals surface area contributed by atoms with Gasteiger partial charge in [-0.05, 0) is 73.1 Å². The van der Waals surface area contributed by atoms with Crippen LogP contribution in [0.5, 0.6) is 0 Å². The van der Waals surface area contributed by atoms with E-state index in [1.54, 1.807) is 19.9 Å². The highest BCUT2D eigenvalue weighted by Gasteiger charge is 2.25. The van der Waals surface area contributed by atoms with E-state index in [1.165, 1.54) is 0 Å². The zero-order chi connectivity index (χ0) is 23.2. The van der Waals surface area contributed by atoms with Gasteiger partial charge in [-0.15, -0.1) is 0 Å². The van der Waals surface area contributed by atoms with Crippen LogP contribution in [0, 0.1) is 0 Å². The maximum Gasteiger partial charge on any atom is 0.224 e. The van der Waals surface area contributed by atoms with Crippen LogP contribution in [0.2, 0.25) is 5.02 Å². The lowest BCUT2D eigenvalue weighted by Gasteiger charge is -2.27. The van der Waals surface area contributed by atoms with Crippen molar-refractivity contribution in [3.05, 3.63) is 75.3 Å². The molecule has 1 unspecified atom stereocenters. The Morgan fingerprint density at radius 3 is 2.52 bits per heavy atom. The van der Waals surface area contributed by atoms with E-state index < -0.39 is 11.6 Å². The average molecular weight is 444 g/mol. The van der Waals surface area contributed by atoms with E-state index in [-0.39, 0.29) is 24.9 Å². The fourth-order valence-electron chi connectivity index (χ4n) is 3.83. The van der Waals surface area contributed by atoms with Crippen LogP contribution >= 0.6 is 11.6 Å². The third-order valence-corrected chi connectivity index (χ3v) is 5.68. The van der Waals surface area contributed by atoms with Crippen LogP contribution in [0.4, 0.5) is 0 Å². The molecule has 1 amide bonds. The first kappa shape index (κ1) is 25.1. The minimum Gasteiger partial charge on any atom is -0.394 e. The molecule has 2 rings (SSSR count). The van der Waals surface area contributed by atoms with E-state index in [9.17, 15) is 15.0 Å². The minimum atomic E-state index is -1.02. The fourth-order valence-corrected chi connectivity index (χ4v) is 4.02. The summed E-state index contributed by atoms with van der Waals surface area (Å²) in [4.78, 5) is 12.7. The van der Waals surface area contributed by atoms with Gasteiger partial charge in [0.05, 0.1) is 24.7 Å². The molecule has 5 heteroatoms. The number of aliphatic hydroxyl groups excluding tert-OH is 1. The quantitative estimate of drug-likeness (QED) is 0.511. The van der Waals surface area contributed by atoms with E-state index in [1.807, 2.05) is 49.4 Å². The summed E-state index contributed by atoms with van der Waals surface area (Å²) in [5, 5.41) is 24.1. The van der Waals surface area contributed by atoms with Gasteiger partial charge in [0.15, 0.2) is 0 Å². The molecule has 0 aliphatic rings. The smallest absolute Gasteiger partial charge is 0.224 e. The van der Waals surface area contributed by atoms with E-state index in [0.717, 1.165) is 27.8 Å². The van der Waals surface area contributed by atoms with Crippen molar-refractivity contribution in [3.8, 4) is 0 Å². The third-order valence-electron chi connectivity index (χ3n) is 5.31. The first-order chi connectivity index (χ1) is 14.6. The number of hydrogen-bond donors (Lipinski definition) is 3. The molecule has 0 aromatic heterocycles. The number of amides is 1. The highest BCUT2D eigenvalue weighted by Crippen LogP contribution is 2.31. The topological polar surface area (TPSA) is 69.6 Å². The summed E-state index contributed by atoms with van der Waals surface area (Å²) in [6, 6.07) is 11.0. The van der Waals surface area contributed by atoms with Crippen molar-refractivity contribution in [2.45, 2.75) is 65.0 Å². The summed E-state index contributed by atoms with van der Waals surface area (Å²) in [6.45, 7) is 9.43. The molecule has 2 aromatic rings. The Bertz CT molecular complexity index is 929. The minimum absolute atomic E-state index is 0.130. The number of aliphatic hydroxyl groups is 2. The van der Waals surface area contributed by atoms with Gasteiger partial charge in [0.1, 0.15) is 0 Å². The maximum absolute atomic E-state index is 12.7. The lowest BCUT2D eigenvalue weighted by Crippen LogP contribution is -2.40. The maximum atomic E-state index is 12.7. The van der Waals surface area contributed by atoms with Crippen molar-refractivity contribution in [1.82, 2.24) is 5.32 Å². The molecule has 168 valence electrons. The number of halogens is 1. The zero-order valence-corrected chi connectivity index (χ0v) is 19.8. The second kappa shape index (κ2) is 10.9. The lowest BCUT2D eigenvalue weighted by molar-refractivity contribution is -0.121. The fraction of sp³-hybridized carbons (Fsp3) is 0.423. The van der Waals surface area contributed by atoms with E-state index >= 15 is 0 Å². The molecule has 0 aliphatic carbocycles. The Morgan fingerprint density at radius 1 is 1.23 bits per heavy atom. The number of carbonyl (C=O) groups excluding carboxylic acids is 1. The van der Waals surface area contributed by atoms with Crippen LogP contribution in [-0.2, 0) is 23.2 Å². The molecule has 0 aliphatic heterocycles.